The average Bonchev–Trinajstić information content (AvgIpc) is 3.08. The van der Waals surface area contributed by atoms with Crippen LogP contribution in [0.2, 0.25) is 0 Å². The molecule has 3 fully saturated rings. The fraction of sp³-hybridized carbons (Fsp3) is 0.727. The molecule has 2 unspecified atom stereocenters. The van der Waals surface area contributed by atoms with E-state index in [0.29, 0.717) is 5.92 Å². The zero-order chi connectivity index (χ0) is 17.2. The maximum Gasteiger partial charge on any atom is 0.198 e. The molecule has 1 aromatic rings. The highest BCUT2D eigenvalue weighted by molar-refractivity contribution is 14.0. The number of benzene rings is 1. The number of halogens is 1. The molecular formula is C22H35INO2+. The number of likely N-dealkylation sites (N-methyl/N-ethyl adjacent to an activating group) is 1. The second kappa shape index (κ2) is 8.89. The van der Waals surface area contributed by atoms with Crippen molar-refractivity contribution >= 4 is 24.0 Å². The quantitative estimate of drug-likeness (QED) is 0.450. The molecule has 3 aliphatic rings. The molecule has 4 rings (SSSR count). The number of quaternary nitrogens is 1. The number of ether oxygens (including phenoxy) is 2. The molecule has 0 radical (unpaired) electrons. The largest absolute Gasteiger partial charge is 0.343 e. The Bertz CT molecular complexity index is 555. The van der Waals surface area contributed by atoms with Crippen LogP contribution >= 0.6 is 24.0 Å². The topological polar surface area (TPSA) is 18.5 Å². The number of hydrogen-bond donors (Lipinski definition) is 0. The van der Waals surface area contributed by atoms with E-state index in [1.807, 2.05) is 0 Å². The van der Waals surface area contributed by atoms with Crippen LogP contribution in [0.25, 0.3) is 0 Å². The van der Waals surface area contributed by atoms with Crippen LogP contribution in [0.3, 0.4) is 0 Å². The van der Waals surface area contributed by atoms with Gasteiger partial charge in [-0.1, -0.05) is 49.6 Å². The van der Waals surface area contributed by atoms with Gasteiger partial charge in [-0.05, 0) is 32.1 Å². The lowest BCUT2D eigenvalue weighted by Crippen LogP contribution is -2.52. The molecular weight excluding hydrogens is 437 g/mol. The first-order chi connectivity index (χ1) is 12.2. The Balaban J connectivity index is 0.00000196. The number of hydrogen-bond acceptors (Lipinski definition) is 2. The second-order valence-electron chi connectivity index (χ2n) is 8.73. The van der Waals surface area contributed by atoms with Crippen LogP contribution < -0.4 is 0 Å². The van der Waals surface area contributed by atoms with Gasteiger partial charge < -0.3 is 14.0 Å². The van der Waals surface area contributed by atoms with E-state index in [0.717, 1.165) is 17.6 Å². The van der Waals surface area contributed by atoms with Crippen LogP contribution in [0.4, 0.5) is 0 Å². The van der Waals surface area contributed by atoms with E-state index in [1.54, 1.807) is 0 Å². The highest BCUT2D eigenvalue weighted by atomic mass is 127. The van der Waals surface area contributed by atoms with Crippen molar-refractivity contribution < 1.29 is 14.0 Å². The number of rotatable bonds is 4. The van der Waals surface area contributed by atoms with Crippen molar-refractivity contribution in [3.63, 3.8) is 0 Å². The van der Waals surface area contributed by atoms with Gasteiger partial charge in [-0.2, -0.15) is 0 Å². The van der Waals surface area contributed by atoms with E-state index in [1.165, 1.54) is 70.0 Å². The summed E-state index contributed by atoms with van der Waals surface area (Å²) in [6.45, 7) is 4.43. The van der Waals surface area contributed by atoms with Gasteiger partial charge in [0.2, 0.25) is 0 Å². The smallest absolute Gasteiger partial charge is 0.198 e. The Morgan fingerprint density at radius 3 is 2.31 bits per heavy atom. The molecule has 0 aromatic heterocycles. The first-order valence-electron chi connectivity index (χ1n) is 10.4. The van der Waals surface area contributed by atoms with Crippen molar-refractivity contribution in [2.75, 3.05) is 33.3 Å². The fourth-order valence-electron chi connectivity index (χ4n) is 5.33. The molecule has 1 saturated carbocycles. The van der Waals surface area contributed by atoms with Crippen LogP contribution in [0.15, 0.2) is 30.3 Å². The first-order valence-corrected chi connectivity index (χ1v) is 10.4. The Kier molecular flexibility index (Phi) is 7.03. The summed E-state index contributed by atoms with van der Waals surface area (Å²) in [7, 11) is 2.41. The normalized spacial score (nSPS) is 32.1. The van der Waals surface area contributed by atoms with Crippen molar-refractivity contribution in [1.29, 1.82) is 0 Å². The maximum atomic E-state index is 6.80. The molecule has 1 aliphatic carbocycles. The van der Waals surface area contributed by atoms with Gasteiger partial charge in [0.15, 0.2) is 5.79 Å². The standard InChI is InChI=1S/C22H34NO2.HI/c1-23(15-9-4-10-16-23)17-21-18-24-22(25-21,19-11-5-2-6-12-19)20-13-7-3-8-14-20;/h2,5-6,11-12,20-21H,3-4,7-10,13-18H2,1H3;1H/q+1;. The Morgan fingerprint density at radius 2 is 1.62 bits per heavy atom. The van der Waals surface area contributed by atoms with E-state index in [4.69, 9.17) is 9.47 Å². The molecule has 1 aromatic carbocycles. The van der Waals surface area contributed by atoms with Crippen LogP contribution in [0.1, 0.15) is 56.9 Å². The summed E-state index contributed by atoms with van der Waals surface area (Å²) >= 11 is 0. The predicted octanol–water partition coefficient (Wildman–Crippen LogP) is 5.08. The highest BCUT2D eigenvalue weighted by Crippen LogP contribution is 2.47. The van der Waals surface area contributed by atoms with Gasteiger partial charge in [-0.25, -0.2) is 0 Å². The van der Waals surface area contributed by atoms with Crippen molar-refractivity contribution in [1.82, 2.24) is 0 Å². The predicted molar refractivity (Wildman–Crippen MR) is 116 cm³/mol. The monoisotopic (exact) mass is 472 g/mol. The third-order valence-corrected chi connectivity index (χ3v) is 6.68. The van der Waals surface area contributed by atoms with Crippen LogP contribution in [0, 0.1) is 5.92 Å². The highest BCUT2D eigenvalue weighted by Gasteiger charge is 2.50. The van der Waals surface area contributed by atoms with Crippen molar-refractivity contribution in [2.45, 2.75) is 63.3 Å². The summed E-state index contributed by atoms with van der Waals surface area (Å²) in [5.74, 6) is 0.00157. The Labute approximate surface area is 176 Å². The molecule has 26 heavy (non-hydrogen) atoms. The summed E-state index contributed by atoms with van der Waals surface area (Å²) in [6.07, 6.45) is 10.8. The van der Waals surface area contributed by atoms with E-state index in [9.17, 15) is 0 Å². The third-order valence-electron chi connectivity index (χ3n) is 6.68. The van der Waals surface area contributed by atoms with E-state index >= 15 is 0 Å². The van der Waals surface area contributed by atoms with E-state index in [-0.39, 0.29) is 30.1 Å². The van der Waals surface area contributed by atoms with Gasteiger partial charge in [0.25, 0.3) is 0 Å². The van der Waals surface area contributed by atoms with Crippen molar-refractivity contribution in [3.05, 3.63) is 35.9 Å². The Hall–Kier alpha value is -0.170. The molecule has 2 heterocycles. The van der Waals surface area contributed by atoms with E-state index in [2.05, 4.69) is 37.4 Å². The third kappa shape index (κ3) is 4.29. The molecule has 146 valence electrons. The summed E-state index contributed by atoms with van der Waals surface area (Å²) in [6, 6.07) is 10.7. The van der Waals surface area contributed by atoms with Gasteiger partial charge in [0, 0.05) is 11.5 Å². The molecule has 2 aliphatic heterocycles. The average molecular weight is 472 g/mol. The van der Waals surface area contributed by atoms with E-state index < -0.39 is 5.79 Å². The lowest BCUT2D eigenvalue weighted by molar-refractivity contribution is -0.916. The summed E-state index contributed by atoms with van der Waals surface area (Å²) in [5.41, 5.74) is 1.23. The molecule has 0 spiro atoms. The summed E-state index contributed by atoms with van der Waals surface area (Å²) < 4.78 is 14.5. The number of piperidine rings is 1. The lowest BCUT2D eigenvalue weighted by atomic mass is 9.80. The van der Waals surface area contributed by atoms with Crippen LogP contribution in [-0.4, -0.2) is 43.9 Å². The number of likely N-dealkylation sites (tertiary alicyclic amines) is 1. The zero-order valence-electron chi connectivity index (χ0n) is 16.2. The van der Waals surface area contributed by atoms with Crippen LogP contribution in [-0.2, 0) is 15.3 Å². The van der Waals surface area contributed by atoms with Gasteiger partial charge in [0.1, 0.15) is 12.6 Å². The fourth-order valence-corrected chi connectivity index (χ4v) is 5.33. The van der Waals surface area contributed by atoms with Crippen LogP contribution in [0.5, 0.6) is 0 Å². The minimum atomic E-state index is -0.499. The van der Waals surface area contributed by atoms with Crippen molar-refractivity contribution in [3.8, 4) is 0 Å². The zero-order valence-corrected chi connectivity index (χ0v) is 18.5. The molecule has 3 nitrogen and oxygen atoms in total. The number of nitrogens with zero attached hydrogens (tertiary/aromatic N) is 1. The lowest BCUT2D eigenvalue weighted by Gasteiger charge is -2.41. The second-order valence-corrected chi connectivity index (χ2v) is 8.73. The minimum Gasteiger partial charge on any atom is -0.343 e. The van der Waals surface area contributed by atoms with Crippen molar-refractivity contribution in [2.24, 2.45) is 5.92 Å². The maximum absolute atomic E-state index is 6.80. The van der Waals surface area contributed by atoms with Gasteiger partial charge >= 0.3 is 0 Å². The van der Waals surface area contributed by atoms with Gasteiger partial charge in [-0.3, -0.25) is 0 Å². The molecule has 2 atom stereocenters. The van der Waals surface area contributed by atoms with Gasteiger partial charge in [-0.15, -0.1) is 24.0 Å². The Morgan fingerprint density at radius 1 is 0.962 bits per heavy atom. The molecule has 4 heteroatoms. The minimum absolute atomic E-state index is 0. The summed E-state index contributed by atoms with van der Waals surface area (Å²) in [4.78, 5) is 0. The first kappa shape index (κ1) is 20.6. The molecule has 0 amide bonds. The molecule has 0 bridgehead atoms. The molecule has 2 saturated heterocycles. The SMILES string of the molecule is C[N+]1(CC2COC(c3ccccc3)(C3CCCCC3)O2)CCCCC1.I. The summed E-state index contributed by atoms with van der Waals surface area (Å²) in [5, 5.41) is 0. The molecule has 0 N–H and O–H groups in total. The van der Waals surface area contributed by atoms with Gasteiger partial charge in [0.05, 0.1) is 26.7 Å².